The fraction of sp³-hybridized carbons (Fsp3) is 0.300. The van der Waals surface area contributed by atoms with Crippen LogP contribution in [0.4, 0.5) is 0 Å². The molecule has 0 spiro atoms. The lowest BCUT2D eigenvalue weighted by Crippen LogP contribution is -1.95. The summed E-state index contributed by atoms with van der Waals surface area (Å²) in [6.45, 7) is 2.04. The van der Waals surface area contributed by atoms with Crippen molar-refractivity contribution in [3.05, 3.63) is 35.4 Å². The Morgan fingerprint density at radius 3 is 2.42 bits per heavy atom. The number of rotatable bonds is 3. The molecule has 12 heavy (non-hydrogen) atoms. The maximum atomic E-state index is 10.3. The van der Waals surface area contributed by atoms with Crippen LogP contribution in [0.2, 0.25) is 0 Å². The fourth-order valence-electron chi connectivity index (χ4n) is 1.06. The highest BCUT2D eigenvalue weighted by Crippen LogP contribution is 2.15. The second-order valence-corrected chi connectivity index (χ2v) is 2.80. The van der Waals surface area contributed by atoms with Gasteiger partial charge < -0.3 is 0 Å². The number of hydrogen-bond donors (Lipinski definition) is 0. The molecule has 0 aromatic heterocycles. The Morgan fingerprint density at radius 1 is 1.42 bits per heavy atom. The van der Waals surface area contributed by atoms with Crippen LogP contribution in [0.5, 0.6) is 0 Å². The average molecular weight is 158 g/mol. The fourth-order valence-corrected chi connectivity index (χ4v) is 1.06. The van der Waals surface area contributed by atoms with Gasteiger partial charge in [0.25, 0.3) is 0 Å². The predicted octanol–water partition coefficient (Wildman–Crippen LogP) is 2.12. The molecular formula is C10H11BO. The van der Waals surface area contributed by atoms with Gasteiger partial charge in [0.05, 0.1) is 7.85 Å². The molecule has 1 nitrogen and oxygen atoms in total. The Kier molecular flexibility index (Phi) is 3.09. The lowest BCUT2D eigenvalue weighted by molar-refractivity contribution is 0.112. The van der Waals surface area contributed by atoms with E-state index in [0.717, 1.165) is 18.3 Å². The Morgan fingerprint density at radius 2 is 2.00 bits per heavy atom. The molecule has 1 rings (SSSR count). The van der Waals surface area contributed by atoms with Crippen LogP contribution in [0.25, 0.3) is 0 Å². The van der Waals surface area contributed by atoms with Crippen LogP contribution in [-0.2, 0) is 0 Å². The van der Waals surface area contributed by atoms with Gasteiger partial charge in [-0.25, -0.2) is 0 Å². The van der Waals surface area contributed by atoms with Gasteiger partial charge in [-0.05, 0) is 0 Å². The average Bonchev–Trinajstić information content (AvgIpc) is 2.17. The first-order chi connectivity index (χ1) is 5.77. The van der Waals surface area contributed by atoms with Gasteiger partial charge in [-0.1, -0.05) is 49.0 Å². The molecule has 1 aromatic carbocycles. The maximum Gasteiger partial charge on any atom is 0.150 e. The number of hydrogen-bond acceptors (Lipinski definition) is 1. The normalized spacial score (nSPS) is 12.4. The molecule has 0 saturated carbocycles. The lowest BCUT2D eigenvalue weighted by Gasteiger charge is -2.08. The third kappa shape index (κ3) is 1.97. The van der Waals surface area contributed by atoms with E-state index in [1.54, 1.807) is 12.1 Å². The summed E-state index contributed by atoms with van der Waals surface area (Å²) in [5, 5.41) is 0. The third-order valence-corrected chi connectivity index (χ3v) is 1.94. The van der Waals surface area contributed by atoms with Gasteiger partial charge >= 0.3 is 0 Å². The van der Waals surface area contributed by atoms with Crippen molar-refractivity contribution < 1.29 is 4.79 Å². The zero-order valence-corrected chi connectivity index (χ0v) is 7.16. The topological polar surface area (TPSA) is 17.1 Å². The number of carbonyl (C=O) groups excluding carboxylic acids is 1. The predicted molar refractivity (Wildman–Crippen MR) is 50.6 cm³/mol. The summed E-state index contributed by atoms with van der Waals surface area (Å²) in [6, 6.07) is 7.38. The molecule has 2 radical (unpaired) electrons. The summed E-state index contributed by atoms with van der Waals surface area (Å²) in [7, 11) is 5.80. The lowest BCUT2D eigenvalue weighted by atomic mass is 9.79. The zero-order valence-electron chi connectivity index (χ0n) is 7.16. The molecule has 0 aliphatic carbocycles. The first-order valence-electron chi connectivity index (χ1n) is 4.08. The minimum Gasteiger partial charge on any atom is -0.298 e. The molecule has 0 fully saturated rings. The molecule has 0 heterocycles. The van der Waals surface area contributed by atoms with Gasteiger partial charge in [0.1, 0.15) is 6.29 Å². The smallest absolute Gasteiger partial charge is 0.150 e. The Balaban J connectivity index is 2.84. The molecule has 0 saturated heterocycles. The summed E-state index contributed by atoms with van der Waals surface area (Å²) in [5.74, 6) is 0.0886. The third-order valence-electron chi connectivity index (χ3n) is 1.94. The van der Waals surface area contributed by atoms with Crippen LogP contribution < -0.4 is 0 Å². The van der Waals surface area contributed by atoms with E-state index < -0.39 is 0 Å². The SMILES string of the molecule is [B]C(CC)c1ccc(C=O)cc1. The second kappa shape index (κ2) is 4.10. The Labute approximate surface area is 74.2 Å². The van der Waals surface area contributed by atoms with Crippen molar-refractivity contribution in [2.75, 3.05) is 0 Å². The van der Waals surface area contributed by atoms with Gasteiger partial charge in [-0.2, -0.15) is 0 Å². The highest BCUT2D eigenvalue weighted by molar-refractivity contribution is 6.12. The number of benzene rings is 1. The molecule has 1 aromatic rings. The first-order valence-corrected chi connectivity index (χ1v) is 4.08. The first kappa shape index (κ1) is 9.05. The molecule has 1 atom stereocenters. The van der Waals surface area contributed by atoms with Crippen molar-refractivity contribution >= 4 is 14.1 Å². The van der Waals surface area contributed by atoms with E-state index in [1.807, 2.05) is 19.1 Å². The highest BCUT2D eigenvalue weighted by Gasteiger charge is 2.00. The van der Waals surface area contributed by atoms with E-state index in [2.05, 4.69) is 0 Å². The minimum absolute atomic E-state index is 0.0886. The minimum atomic E-state index is 0.0886. The summed E-state index contributed by atoms with van der Waals surface area (Å²) in [5.41, 5.74) is 1.78. The number of aldehydes is 1. The molecule has 0 amide bonds. The van der Waals surface area contributed by atoms with Crippen molar-refractivity contribution in [1.29, 1.82) is 0 Å². The maximum absolute atomic E-state index is 10.3. The van der Waals surface area contributed by atoms with Gasteiger partial charge in [0.2, 0.25) is 0 Å². The summed E-state index contributed by atoms with van der Waals surface area (Å²) >= 11 is 0. The van der Waals surface area contributed by atoms with Gasteiger partial charge in [-0.3, -0.25) is 4.79 Å². The van der Waals surface area contributed by atoms with E-state index in [9.17, 15) is 4.79 Å². The van der Waals surface area contributed by atoms with Crippen molar-refractivity contribution in [3.8, 4) is 0 Å². The largest absolute Gasteiger partial charge is 0.298 e. The Hall–Kier alpha value is -1.05. The van der Waals surface area contributed by atoms with Gasteiger partial charge in [-0.15, -0.1) is 0 Å². The van der Waals surface area contributed by atoms with Crippen molar-refractivity contribution in [2.45, 2.75) is 19.2 Å². The molecular weight excluding hydrogens is 147 g/mol. The monoisotopic (exact) mass is 158 g/mol. The second-order valence-electron chi connectivity index (χ2n) is 2.80. The van der Waals surface area contributed by atoms with Gasteiger partial charge in [0.15, 0.2) is 0 Å². The molecule has 0 aliphatic rings. The van der Waals surface area contributed by atoms with E-state index in [1.165, 1.54) is 0 Å². The summed E-state index contributed by atoms with van der Waals surface area (Å²) in [4.78, 5) is 10.3. The van der Waals surface area contributed by atoms with Gasteiger partial charge in [0, 0.05) is 5.56 Å². The van der Waals surface area contributed by atoms with Crippen LogP contribution >= 0.6 is 0 Å². The summed E-state index contributed by atoms with van der Waals surface area (Å²) in [6.07, 6.45) is 1.75. The van der Waals surface area contributed by atoms with Crippen LogP contribution in [0.15, 0.2) is 24.3 Å². The van der Waals surface area contributed by atoms with Crippen LogP contribution in [-0.4, -0.2) is 14.1 Å². The van der Waals surface area contributed by atoms with E-state index in [-0.39, 0.29) is 5.82 Å². The highest BCUT2D eigenvalue weighted by atomic mass is 16.1. The molecule has 0 aliphatic heterocycles. The molecule has 0 bridgehead atoms. The van der Waals surface area contributed by atoms with E-state index >= 15 is 0 Å². The van der Waals surface area contributed by atoms with E-state index in [4.69, 9.17) is 7.85 Å². The number of carbonyl (C=O) groups is 1. The molecule has 0 N–H and O–H groups in total. The van der Waals surface area contributed by atoms with Crippen molar-refractivity contribution in [1.82, 2.24) is 0 Å². The quantitative estimate of drug-likeness (QED) is 0.486. The van der Waals surface area contributed by atoms with Crippen molar-refractivity contribution in [3.63, 3.8) is 0 Å². The van der Waals surface area contributed by atoms with Crippen LogP contribution in [0.1, 0.15) is 35.1 Å². The Bertz CT molecular complexity index is 253. The molecule has 60 valence electrons. The molecule has 2 heteroatoms. The van der Waals surface area contributed by atoms with Crippen LogP contribution in [0, 0.1) is 0 Å². The van der Waals surface area contributed by atoms with Crippen molar-refractivity contribution in [2.24, 2.45) is 0 Å². The van der Waals surface area contributed by atoms with E-state index in [0.29, 0.717) is 5.56 Å². The summed E-state index contributed by atoms with van der Waals surface area (Å²) < 4.78 is 0. The van der Waals surface area contributed by atoms with Crippen LogP contribution in [0.3, 0.4) is 0 Å². The standard InChI is InChI=1S/C10H11BO/c1-2-10(11)9-5-3-8(7-12)4-6-9/h3-7,10H,2H2,1H3. The molecule has 1 unspecified atom stereocenters. The zero-order chi connectivity index (χ0) is 8.97.